The fraction of sp³-hybridized carbons (Fsp3) is 0.316. The largest absolute Gasteiger partial charge is 0.399 e. The molecule has 4 N–H and O–H groups in total. The summed E-state index contributed by atoms with van der Waals surface area (Å²) in [6.07, 6.45) is 5.79. The van der Waals surface area contributed by atoms with Gasteiger partial charge in [0.25, 0.3) is 0 Å². The Morgan fingerprint density at radius 1 is 1.23 bits per heavy atom. The van der Waals surface area contributed by atoms with E-state index in [0.717, 1.165) is 46.9 Å². The van der Waals surface area contributed by atoms with Crippen LogP contribution in [-0.4, -0.2) is 30.6 Å². The van der Waals surface area contributed by atoms with Gasteiger partial charge in [-0.25, -0.2) is 4.98 Å². The third-order valence-corrected chi connectivity index (χ3v) is 5.44. The van der Waals surface area contributed by atoms with E-state index in [1.165, 1.54) is 0 Å². The molecule has 1 fully saturated rings. The van der Waals surface area contributed by atoms with Crippen molar-refractivity contribution in [2.75, 3.05) is 11.1 Å². The molecule has 0 spiro atoms. The van der Waals surface area contributed by atoms with Gasteiger partial charge in [0.05, 0.1) is 11.7 Å². The van der Waals surface area contributed by atoms with Crippen molar-refractivity contribution >= 4 is 28.2 Å². The molecule has 7 heteroatoms. The number of fused-ring (bicyclic) bond motifs is 3. The average molecular weight is 347 g/mol. The SMILES string of the molecule is C[C@@H]1C[C@H](Nc2cccc(N)c2)C[C@@H]1c1nnc2cnc3[nH]ccc3n12. The first-order valence-corrected chi connectivity index (χ1v) is 8.98. The Morgan fingerprint density at radius 2 is 2.15 bits per heavy atom. The predicted octanol–water partition coefficient (Wildman–Crippen LogP) is 3.18. The van der Waals surface area contributed by atoms with Crippen molar-refractivity contribution in [2.45, 2.75) is 31.7 Å². The zero-order valence-corrected chi connectivity index (χ0v) is 14.6. The average Bonchev–Trinajstić information content (AvgIpc) is 3.31. The summed E-state index contributed by atoms with van der Waals surface area (Å²) >= 11 is 0. The molecule has 7 nitrogen and oxygen atoms in total. The lowest BCUT2D eigenvalue weighted by atomic mass is 9.97. The summed E-state index contributed by atoms with van der Waals surface area (Å²) in [5, 5.41) is 12.5. The highest BCUT2D eigenvalue weighted by Crippen LogP contribution is 2.40. The second-order valence-electron chi connectivity index (χ2n) is 7.24. The number of nitrogen functional groups attached to an aromatic ring is 1. The Kier molecular flexibility index (Phi) is 3.34. The predicted molar refractivity (Wildman–Crippen MR) is 102 cm³/mol. The second-order valence-corrected chi connectivity index (χ2v) is 7.24. The molecule has 132 valence electrons. The Labute approximate surface area is 150 Å². The van der Waals surface area contributed by atoms with Gasteiger partial charge >= 0.3 is 0 Å². The third kappa shape index (κ3) is 2.39. The van der Waals surface area contributed by atoms with Crippen molar-refractivity contribution < 1.29 is 0 Å². The summed E-state index contributed by atoms with van der Waals surface area (Å²) in [6.45, 7) is 2.29. The number of hydrogen-bond donors (Lipinski definition) is 3. The molecule has 0 radical (unpaired) electrons. The van der Waals surface area contributed by atoms with Gasteiger partial charge in [0.1, 0.15) is 5.82 Å². The molecule has 0 amide bonds. The fourth-order valence-electron chi connectivity index (χ4n) is 4.23. The van der Waals surface area contributed by atoms with E-state index in [1.807, 2.05) is 30.5 Å². The van der Waals surface area contributed by atoms with Crippen molar-refractivity contribution in [1.82, 2.24) is 24.6 Å². The molecule has 3 heterocycles. The van der Waals surface area contributed by atoms with Gasteiger partial charge < -0.3 is 16.0 Å². The van der Waals surface area contributed by atoms with Gasteiger partial charge in [0.2, 0.25) is 0 Å². The Balaban J connectivity index is 1.47. The number of hydrogen-bond acceptors (Lipinski definition) is 5. The maximum absolute atomic E-state index is 5.90. The molecule has 0 aliphatic heterocycles. The van der Waals surface area contributed by atoms with Gasteiger partial charge in [-0.1, -0.05) is 13.0 Å². The minimum Gasteiger partial charge on any atom is -0.399 e. The third-order valence-electron chi connectivity index (χ3n) is 5.44. The first-order valence-electron chi connectivity index (χ1n) is 8.98. The second kappa shape index (κ2) is 5.72. The van der Waals surface area contributed by atoms with E-state index in [2.05, 4.69) is 42.9 Å². The molecule has 1 aromatic carbocycles. The van der Waals surface area contributed by atoms with Crippen molar-refractivity contribution in [1.29, 1.82) is 0 Å². The number of nitrogens with two attached hydrogens (primary N) is 1. The molecule has 4 aromatic rings. The lowest BCUT2D eigenvalue weighted by molar-refractivity contribution is 0.507. The van der Waals surface area contributed by atoms with Gasteiger partial charge in [-0.3, -0.25) is 4.40 Å². The molecule has 0 saturated heterocycles. The highest BCUT2D eigenvalue weighted by atomic mass is 15.3. The van der Waals surface area contributed by atoms with Gasteiger partial charge in [-0.05, 0) is 43.0 Å². The number of H-pyrrole nitrogens is 1. The minimum absolute atomic E-state index is 0.351. The normalized spacial score (nSPS) is 23.0. The number of aromatic nitrogens is 5. The van der Waals surface area contributed by atoms with E-state index in [0.29, 0.717) is 17.9 Å². The van der Waals surface area contributed by atoms with E-state index >= 15 is 0 Å². The monoisotopic (exact) mass is 347 g/mol. The molecule has 1 aliphatic rings. The Hall–Kier alpha value is -3.09. The summed E-state index contributed by atoms with van der Waals surface area (Å²) < 4.78 is 2.14. The standard InChI is InChI=1S/C19H21N7/c1-11-7-14(23-13-4-2-3-12(20)8-13)9-15(11)19-25-24-17-10-22-18-16(26(17)19)5-6-21-18/h2-6,8,10-11,14-15,21,23H,7,9,20H2,1H3/t11-,14+,15+/m1/s1. The maximum atomic E-state index is 5.90. The number of nitrogens with one attached hydrogen (secondary N) is 2. The first-order chi connectivity index (χ1) is 12.7. The van der Waals surface area contributed by atoms with Crippen LogP contribution in [0.25, 0.3) is 16.8 Å². The molecular formula is C19H21N7. The van der Waals surface area contributed by atoms with E-state index in [9.17, 15) is 0 Å². The highest BCUT2D eigenvalue weighted by molar-refractivity contribution is 5.74. The molecule has 26 heavy (non-hydrogen) atoms. The zero-order chi connectivity index (χ0) is 17.7. The number of benzene rings is 1. The number of aromatic amines is 1. The van der Waals surface area contributed by atoms with Crippen LogP contribution in [-0.2, 0) is 0 Å². The lowest BCUT2D eigenvalue weighted by Crippen LogP contribution is -2.15. The van der Waals surface area contributed by atoms with Crippen molar-refractivity contribution in [2.24, 2.45) is 5.92 Å². The maximum Gasteiger partial charge on any atom is 0.179 e. The van der Waals surface area contributed by atoms with E-state index in [4.69, 9.17) is 5.73 Å². The Morgan fingerprint density at radius 3 is 3.04 bits per heavy atom. The smallest absolute Gasteiger partial charge is 0.179 e. The van der Waals surface area contributed by atoms with Crippen molar-refractivity contribution in [3.05, 3.63) is 48.5 Å². The van der Waals surface area contributed by atoms with Crippen LogP contribution in [0, 0.1) is 5.92 Å². The van der Waals surface area contributed by atoms with E-state index in [1.54, 1.807) is 6.20 Å². The van der Waals surface area contributed by atoms with Crippen LogP contribution in [0.15, 0.2) is 42.7 Å². The number of nitrogens with zero attached hydrogens (tertiary/aromatic N) is 4. The van der Waals surface area contributed by atoms with Crippen LogP contribution in [0.4, 0.5) is 11.4 Å². The summed E-state index contributed by atoms with van der Waals surface area (Å²) in [6, 6.07) is 10.4. The summed E-state index contributed by atoms with van der Waals surface area (Å²) in [4.78, 5) is 7.57. The van der Waals surface area contributed by atoms with Crippen molar-refractivity contribution in [3.63, 3.8) is 0 Å². The van der Waals surface area contributed by atoms with Crippen LogP contribution in [0.2, 0.25) is 0 Å². The van der Waals surface area contributed by atoms with Crippen LogP contribution in [0.1, 0.15) is 31.5 Å². The van der Waals surface area contributed by atoms with Crippen LogP contribution >= 0.6 is 0 Å². The van der Waals surface area contributed by atoms with Gasteiger partial charge in [-0.2, -0.15) is 0 Å². The molecule has 0 bridgehead atoms. The minimum atomic E-state index is 0.351. The fourth-order valence-corrected chi connectivity index (χ4v) is 4.23. The molecule has 1 aliphatic carbocycles. The van der Waals surface area contributed by atoms with E-state index < -0.39 is 0 Å². The zero-order valence-electron chi connectivity index (χ0n) is 14.6. The van der Waals surface area contributed by atoms with Crippen molar-refractivity contribution in [3.8, 4) is 0 Å². The topological polar surface area (TPSA) is 96.9 Å². The molecular weight excluding hydrogens is 326 g/mol. The molecule has 3 atom stereocenters. The first kappa shape index (κ1) is 15.2. The summed E-state index contributed by atoms with van der Waals surface area (Å²) in [5.41, 5.74) is 10.4. The van der Waals surface area contributed by atoms with E-state index in [-0.39, 0.29) is 0 Å². The Bertz CT molecular complexity index is 1080. The summed E-state index contributed by atoms with van der Waals surface area (Å²) in [7, 11) is 0. The molecule has 5 rings (SSSR count). The summed E-state index contributed by atoms with van der Waals surface area (Å²) in [5.74, 6) is 1.89. The molecule has 0 unspecified atom stereocenters. The van der Waals surface area contributed by atoms with Crippen LogP contribution in [0.5, 0.6) is 0 Å². The van der Waals surface area contributed by atoms with Gasteiger partial charge in [-0.15, -0.1) is 10.2 Å². The quantitative estimate of drug-likeness (QED) is 0.495. The van der Waals surface area contributed by atoms with Crippen LogP contribution < -0.4 is 11.1 Å². The van der Waals surface area contributed by atoms with Gasteiger partial charge in [0.15, 0.2) is 11.3 Å². The van der Waals surface area contributed by atoms with Crippen LogP contribution in [0.3, 0.4) is 0 Å². The number of anilines is 2. The number of rotatable bonds is 3. The van der Waals surface area contributed by atoms with Gasteiger partial charge in [0, 0.05) is 29.5 Å². The molecule has 3 aromatic heterocycles. The molecule has 1 saturated carbocycles. The lowest BCUT2D eigenvalue weighted by Gasteiger charge is -2.15. The highest BCUT2D eigenvalue weighted by Gasteiger charge is 2.35.